The molecule has 0 unspecified atom stereocenters. The van der Waals surface area contributed by atoms with Crippen molar-refractivity contribution in [1.82, 2.24) is 4.31 Å². The van der Waals surface area contributed by atoms with E-state index in [0.717, 1.165) is 9.87 Å². The summed E-state index contributed by atoms with van der Waals surface area (Å²) in [6, 6.07) is 6.32. The van der Waals surface area contributed by atoms with Crippen molar-refractivity contribution in [3.8, 4) is 0 Å². The van der Waals surface area contributed by atoms with Crippen LogP contribution in [0.25, 0.3) is 0 Å². The summed E-state index contributed by atoms with van der Waals surface area (Å²) in [5.74, 6) is -0.989. The van der Waals surface area contributed by atoms with E-state index in [9.17, 15) is 18.0 Å². The van der Waals surface area contributed by atoms with Gasteiger partial charge in [0.15, 0.2) is 12.1 Å². The van der Waals surface area contributed by atoms with Gasteiger partial charge in [0.2, 0.25) is 10.0 Å². The number of benzene rings is 1. The van der Waals surface area contributed by atoms with Crippen molar-refractivity contribution in [2.24, 2.45) is 0 Å². The minimum Gasteiger partial charge on any atom is -0.343 e. The highest BCUT2D eigenvalue weighted by atomic mass is 32.2. The van der Waals surface area contributed by atoms with Crippen molar-refractivity contribution < 1.29 is 27.5 Å². The second-order valence-electron chi connectivity index (χ2n) is 6.08. The van der Waals surface area contributed by atoms with Crippen LogP contribution in [0.5, 0.6) is 0 Å². The molecule has 0 bridgehead atoms. The van der Waals surface area contributed by atoms with Gasteiger partial charge in [0.25, 0.3) is 0 Å². The van der Waals surface area contributed by atoms with Gasteiger partial charge in [-0.1, -0.05) is 17.7 Å². The molecule has 1 heterocycles. The Morgan fingerprint density at radius 3 is 2.33 bits per heavy atom. The number of aryl methyl sites for hydroxylation is 1. The van der Waals surface area contributed by atoms with Crippen LogP contribution in [-0.4, -0.2) is 56.4 Å². The van der Waals surface area contributed by atoms with Gasteiger partial charge in [-0.3, -0.25) is 0 Å². The molecule has 7 nitrogen and oxygen atoms in total. The topological polar surface area (TPSA) is 90.0 Å². The predicted octanol–water partition coefficient (Wildman–Crippen LogP) is 0.904. The largest absolute Gasteiger partial charge is 0.343 e. The number of carbonyl (C=O) groups is 2. The Bertz CT molecular complexity index is 698. The van der Waals surface area contributed by atoms with Crippen LogP contribution in [0.3, 0.4) is 0 Å². The summed E-state index contributed by atoms with van der Waals surface area (Å²) in [5, 5.41) is 0. The van der Waals surface area contributed by atoms with E-state index < -0.39 is 28.0 Å². The molecule has 132 valence electrons. The van der Waals surface area contributed by atoms with E-state index in [1.807, 2.05) is 6.92 Å². The second-order valence-corrected chi connectivity index (χ2v) is 8.01. The molecule has 2 atom stereocenters. The predicted molar refractivity (Wildman–Crippen MR) is 85.9 cm³/mol. The molecule has 0 spiro atoms. The Kier molecular flexibility index (Phi) is 5.54. The standard InChI is InChI=1S/C16H21NO6S/c1-12-4-6-13(7-5-12)24(20,21)17(8-9-18)10-14-15(11-19)23-16(2,3)22-14/h4-7,9,11,14-15H,8,10H2,1-3H3/t14-,15-/m0/s1. The van der Waals surface area contributed by atoms with Gasteiger partial charge in [-0.05, 0) is 32.9 Å². The molecule has 8 heteroatoms. The molecule has 1 saturated heterocycles. The van der Waals surface area contributed by atoms with Crippen LogP contribution < -0.4 is 0 Å². The lowest BCUT2D eigenvalue weighted by Crippen LogP contribution is -2.42. The lowest BCUT2D eigenvalue weighted by molar-refractivity contribution is -0.150. The fraction of sp³-hybridized carbons (Fsp3) is 0.500. The molecule has 0 radical (unpaired) electrons. The fourth-order valence-electron chi connectivity index (χ4n) is 2.53. The van der Waals surface area contributed by atoms with Crippen LogP contribution >= 0.6 is 0 Å². The number of nitrogens with zero attached hydrogens (tertiary/aromatic N) is 1. The Morgan fingerprint density at radius 2 is 1.79 bits per heavy atom. The highest BCUT2D eigenvalue weighted by Crippen LogP contribution is 2.29. The van der Waals surface area contributed by atoms with Gasteiger partial charge in [0.05, 0.1) is 11.4 Å². The number of hydrogen-bond acceptors (Lipinski definition) is 6. The third-order valence-corrected chi connectivity index (χ3v) is 5.52. The number of carbonyl (C=O) groups excluding carboxylic acids is 2. The molecule has 0 N–H and O–H groups in total. The van der Waals surface area contributed by atoms with Crippen molar-refractivity contribution >= 4 is 22.6 Å². The molecule has 1 aromatic carbocycles. The molecule has 1 aliphatic heterocycles. The SMILES string of the molecule is Cc1ccc(S(=O)(=O)N(CC=O)C[C@@H]2OC(C)(C)O[C@H]2C=O)cc1. The van der Waals surface area contributed by atoms with Crippen LogP contribution in [0, 0.1) is 6.92 Å². The van der Waals surface area contributed by atoms with Gasteiger partial charge in [0, 0.05) is 6.54 Å². The maximum atomic E-state index is 12.8. The Morgan fingerprint density at radius 1 is 1.17 bits per heavy atom. The van der Waals surface area contributed by atoms with Gasteiger partial charge >= 0.3 is 0 Å². The summed E-state index contributed by atoms with van der Waals surface area (Å²) >= 11 is 0. The molecule has 1 fully saturated rings. The van der Waals surface area contributed by atoms with E-state index in [1.54, 1.807) is 26.0 Å². The smallest absolute Gasteiger partial charge is 0.243 e. The first kappa shape index (κ1) is 18.7. The molecule has 0 saturated carbocycles. The third kappa shape index (κ3) is 4.07. The molecule has 2 rings (SSSR count). The number of ether oxygens (including phenoxy) is 2. The van der Waals surface area contributed by atoms with Crippen LogP contribution in [0.15, 0.2) is 29.2 Å². The minimum atomic E-state index is -3.89. The number of aldehydes is 2. The number of hydrogen-bond donors (Lipinski definition) is 0. The highest BCUT2D eigenvalue weighted by molar-refractivity contribution is 7.89. The lowest BCUT2D eigenvalue weighted by Gasteiger charge is -2.24. The second kappa shape index (κ2) is 7.10. The Hall–Kier alpha value is -1.61. The summed E-state index contributed by atoms with van der Waals surface area (Å²) < 4.78 is 37.5. The van der Waals surface area contributed by atoms with Crippen molar-refractivity contribution in [3.63, 3.8) is 0 Å². The van der Waals surface area contributed by atoms with Crippen LogP contribution in [0.1, 0.15) is 19.4 Å². The zero-order chi connectivity index (χ0) is 18.0. The average Bonchev–Trinajstić information content (AvgIpc) is 2.81. The zero-order valence-corrected chi connectivity index (χ0v) is 14.7. The molecular weight excluding hydrogens is 334 g/mol. The first-order valence-corrected chi connectivity index (χ1v) is 8.95. The summed E-state index contributed by atoms with van der Waals surface area (Å²) in [7, 11) is -3.89. The first-order chi connectivity index (χ1) is 11.2. The average molecular weight is 355 g/mol. The summed E-state index contributed by atoms with van der Waals surface area (Å²) in [4.78, 5) is 22.2. The van der Waals surface area contributed by atoms with Gasteiger partial charge in [0.1, 0.15) is 18.5 Å². The van der Waals surface area contributed by atoms with E-state index in [-0.39, 0.29) is 18.0 Å². The van der Waals surface area contributed by atoms with Crippen LogP contribution in [0.2, 0.25) is 0 Å². The van der Waals surface area contributed by atoms with Crippen molar-refractivity contribution in [2.75, 3.05) is 13.1 Å². The summed E-state index contributed by atoms with van der Waals surface area (Å²) in [5.41, 5.74) is 0.922. The minimum absolute atomic E-state index is 0.0794. The molecule has 0 aromatic heterocycles. The maximum absolute atomic E-state index is 12.8. The lowest BCUT2D eigenvalue weighted by atomic mass is 10.2. The van der Waals surface area contributed by atoms with E-state index >= 15 is 0 Å². The summed E-state index contributed by atoms with van der Waals surface area (Å²) in [6.45, 7) is 4.65. The van der Waals surface area contributed by atoms with Crippen LogP contribution in [0.4, 0.5) is 0 Å². The Balaban J connectivity index is 2.27. The molecule has 0 amide bonds. The Labute approximate surface area is 141 Å². The number of rotatable bonds is 7. The van der Waals surface area contributed by atoms with Gasteiger partial charge in [-0.2, -0.15) is 4.31 Å². The quantitative estimate of drug-likeness (QED) is 0.675. The fourth-order valence-corrected chi connectivity index (χ4v) is 3.91. The van der Waals surface area contributed by atoms with Crippen molar-refractivity contribution in [2.45, 2.75) is 43.7 Å². The van der Waals surface area contributed by atoms with E-state index in [2.05, 4.69) is 0 Å². The van der Waals surface area contributed by atoms with Gasteiger partial charge in [-0.15, -0.1) is 0 Å². The molecule has 0 aliphatic carbocycles. The van der Waals surface area contributed by atoms with Gasteiger partial charge < -0.3 is 19.1 Å². The summed E-state index contributed by atoms with van der Waals surface area (Å²) in [6.07, 6.45) is -0.584. The molecule has 24 heavy (non-hydrogen) atoms. The van der Waals surface area contributed by atoms with E-state index in [1.165, 1.54) is 12.1 Å². The third-order valence-electron chi connectivity index (χ3n) is 3.68. The zero-order valence-electron chi connectivity index (χ0n) is 13.8. The van der Waals surface area contributed by atoms with Crippen molar-refractivity contribution in [3.05, 3.63) is 29.8 Å². The monoisotopic (exact) mass is 355 g/mol. The normalized spacial score (nSPS) is 23.3. The van der Waals surface area contributed by atoms with Crippen LogP contribution in [-0.2, 0) is 29.1 Å². The molecule has 1 aliphatic rings. The highest BCUT2D eigenvalue weighted by Gasteiger charge is 2.43. The molecule has 1 aromatic rings. The van der Waals surface area contributed by atoms with E-state index in [0.29, 0.717) is 12.6 Å². The molecular formula is C16H21NO6S. The van der Waals surface area contributed by atoms with E-state index in [4.69, 9.17) is 9.47 Å². The first-order valence-electron chi connectivity index (χ1n) is 7.51. The maximum Gasteiger partial charge on any atom is 0.243 e. The van der Waals surface area contributed by atoms with Gasteiger partial charge in [-0.25, -0.2) is 8.42 Å². The number of sulfonamides is 1. The van der Waals surface area contributed by atoms with Crippen molar-refractivity contribution in [1.29, 1.82) is 0 Å².